The fourth-order valence-corrected chi connectivity index (χ4v) is 2.61. The van der Waals surface area contributed by atoms with Crippen molar-refractivity contribution in [1.29, 1.82) is 0 Å². The lowest BCUT2D eigenvalue weighted by atomic mass is 10.3. The molecular weight excluding hydrogens is 342 g/mol. The smallest absolute Gasteiger partial charge is 0.311 e. The van der Waals surface area contributed by atoms with E-state index in [2.05, 4.69) is 21.2 Å². The molecule has 0 saturated heterocycles. The van der Waals surface area contributed by atoms with E-state index in [0.29, 0.717) is 5.69 Å². The Morgan fingerprint density at radius 2 is 2.10 bits per heavy atom. The van der Waals surface area contributed by atoms with Crippen molar-refractivity contribution >= 4 is 44.8 Å². The van der Waals surface area contributed by atoms with Gasteiger partial charge in [-0.2, -0.15) is 0 Å². The Morgan fingerprint density at radius 1 is 1.25 bits per heavy atom. The van der Waals surface area contributed by atoms with Crippen molar-refractivity contribution in [3.8, 4) is 0 Å². The van der Waals surface area contributed by atoms with Gasteiger partial charge in [0.25, 0.3) is 5.91 Å². The highest BCUT2D eigenvalue weighted by molar-refractivity contribution is 9.10. The van der Waals surface area contributed by atoms with Gasteiger partial charge in [0.2, 0.25) is 0 Å². The molecule has 6 heteroatoms. The van der Waals surface area contributed by atoms with E-state index < -0.39 is 5.97 Å². The summed E-state index contributed by atoms with van der Waals surface area (Å²) in [5.74, 6) is -0.764. The molecule has 0 bridgehead atoms. The zero-order chi connectivity index (χ0) is 14.4. The zero-order valence-electron chi connectivity index (χ0n) is 10.5. The van der Waals surface area contributed by atoms with Crippen LogP contribution in [-0.4, -0.2) is 18.5 Å². The second kappa shape index (κ2) is 7.21. The molecule has 0 unspecified atom stereocenters. The largest absolute Gasteiger partial charge is 0.455 e. The van der Waals surface area contributed by atoms with E-state index in [-0.39, 0.29) is 18.9 Å². The summed E-state index contributed by atoms with van der Waals surface area (Å²) in [6, 6.07) is 10.9. The zero-order valence-corrected chi connectivity index (χ0v) is 12.9. The Kier molecular flexibility index (Phi) is 5.31. The number of carbonyl (C=O) groups is 2. The summed E-state index contributed by atoms with van der Waals surface area (Å²) in [6.07, 6.45) is 0.196. The Morgan fingerprint density at radius 3 is 2.80 bits per heavy atom. The second-order valence-electron chi connectivity index (χ2n) is 3.98. The minimum Gasteiger partial charge on any atom is -0.455 e. The van der Waals surface area contributed by atoms with Crippen LogP contribution in [0.2, 0.25) is 0 Å². The van der Waals surface area contributed by atoms with Gasteiger partial charge >= 0.3 is 5.97 Å². The SMILES string of the molecule is O=C(COC(=O)Cc1cccs1)Nc1cccc(Br)c1. The van der Waals surface area contributed by atoms with Crippen molar-refractivity contribution in [1.82, 2.24) is 0 Å². The first-order valence-corrected chi connectivity index (χ1v) is 7.54. The highest BCUT2D eigenvalue weighted by Gasteiger charge is 2.09. The van der Waals surface area contributed by atoms with Crippen LogP contribution in [-0.2, 0) is 20.7 Å². The predicted octanol–water partition coefficient (Wildman–Crippen LogP) is 3.24. The number of ether oxygens (including phenoxy) is 1. The van der Waals surface area contributed by atoms with Crippen LogP contribution >= 0.6 is 27.3 Å². The Balaban J connectivity index is 1.76. The highest BCUT2D eigenvalue weighted by atomic mass is 79.9. The van der Waals surface area contributed by atoms with Crippen LogP contribution in [0.1, 0.15) is 4.88 Å². The first-order chi connectivity index (χ1) is 9.63. The molecule has 0 aliphatic rings. The first kappa shape index (κ1) is 14.7. The molecule has 104 valence electrons. The summed E-state index contributed by atoms with van der Waals surface area (Å²) >= 11 is 4.80. The molecule has 0 saturated carbocycles. The van der Waals surface area contributed by atoms with Crippen molar-refractivity contribution in [2.45, 2.75) is 6.42 Å². The standard InChI is InChI=1S/C14H12BrNO3S/c15-10-3-1-4-11(7-10)16-13(17)9-19-14(18)8-12-5-2-6-20-12/h1-7H,8-9H2,(H,16,17). The fraction of sp³-hybridized carbons (Fsp3) is 0.143. The minimum atomic E-state index is -0.406. The number of amides is 1. The van der Waals surface area contributed by atoms with Crippen LogP contribution in [0.25, 0.3) is 0 Å². The summed E-state index contributed by atoms with van der Waals surface area (Å²) in [6.45, 7) is -0.281. The van der Waals surface area contributed by atoms with Crippen molar-refractivity contribution in [3.63, 3.8) is 0 Å². The van der Waals surface area contributed by atoms with Gasteiger partial charge in [-0.05, 0) is 29.6 Å². The van der Waals surface area contributed by atoms with Crippen molar-refractivity contribution in [2.75, 3.05) is 11.9 Å². The highest BCUT2D eigenvalue weighted by Crippen LogP contribution is 2.15. The van der Waals surface area contributed by atoms with Gasteiger partial charge in [-0.25, -0.2) is 0 Å². The lowest BCUT2D eigenvalue weighted by Crippen LogP contribution is -2.21. The van der Waals surface area contributed by atoms with E-state index in [9.17, 15) is 9.59 Å². The molecule has 2 rings (SSSR count). The monoisotopic (exact) mass is 353 g/mol. The van der Waals surface area contributed by atoms with Crippen molar-refractivity contribution in [3.05, 3.63) is 51.1 Å². The van der Waals surface area contributed by atoms with Gasteiger partial charge < -0.3 is 10.1 Å². The number of thiophene rings is 1. The summed E-state index contributed by atoms with van der Waals surface area (Å²) in [4.78, 5) is 24.1. The molecule has 1 aromatic carbocycles. The third-order valence-electron chi connectivity index (χ3n) is 2.37. The summed E-state index contributed by atoms with van der Waals surface area (Å²) in [7, 11) is 0. The number of hydrogen-bond acceptors (Lipinski definition) is 4. The fourth-order valence-electron chi connectivity index (χ4n) is 1.52. The van der Waals surface area contributed by atoms with Crippen LogP contribution < -0.4 is 5.32 Å². The van der Waals surface area contributed by atoms with Crippen LogP contribution in [0.4, 0.5) is 5.69 Å². The Hall–Kier alpha value is -1.66. The van der Waals surface area contributed by atoms with E-state index >= 15 is 0 Å². The number of rotatable bonds is 5. The molecule has 0 aliphatic heterocycles. The number of anilines is 1. The first-order valence-electron chi connectivity index (χ1n) is 5.87. The third kappa shape index (κ3) is 4.79. The van der Waals surface area contributed by atoms with Crippen LogP contribution in [0.5, 0.6) is 0 Å². The number of nitrogens with one attached hydrogen (secondary N) is 1. The van der Waals surface area contributed by atoms with Gasteiger partial charge in [-0.3, -0.25) is 9.59 Å². The van der Waals surface area contributed by atoms with E-state index in [0.717, 1.165) is 9.35 Å². The molecule has 2 aromatic rings. The maximum atomic E-state index is 11.6. The number of carbonyl (C=O) groups excluding carboxylic acids is 2. The van der Waals surface area contributed by atoms with Crippen LogP contribution in [0, 0.1) is 0 Å². The normalized spacial score (nSPS) is 10.1. The van der Waals surface area contributed by atoms with Crippen molar-refractivity contribution < 1.29 is 14.3 Å². The number of halogens is 1. The molecule has 0 aliphatic carbocycles. The Labute approximate surface area is 128 Å². The molecule has 0 spiro atoms. The predicted molar refractivity (Wildman–Crippen MR) is 81.8 cm³/mol. The van der Waals surface area contributed by atoms with Crippen molar-refractivity contribution in [2.24, 2.45) is 0 Å². The summed E-state index contributed by atoms with van der Waals surface area (Å²) in [5, 5.41) is 4.54. The van der Waals surface area contributed by atoms with Crippen LogP contribution in [0.15, 0.2) is 46.3 Å². The molecule has 1 heterocycles. The molecule has 0 fully saturated rings. The summed E-state index contributed by atoms with van der Waals surface area (Å²) in [5.41, 5.74) is 0.652. The minimum absolute atomic E-state index is 0.196. The second-order valence-corrected chi connectivity index (χ2v) is 5.92. The lowest BCUT2D eigenvalue weighted by Gasteiger charge is -2.06. The van der Waals surface area contributed by atoms with Gasteiger partial charge in [-0.15, -0.1) is 11.3 Å². The van der Waals surface area contributed by atoms with Gasteiger partial charge in [-0.1, -0.05) is 28.1 Å². The average Bonchev–Trinajstić information content (AvgIpc) is 2.89. The Bertz CT molecular complexity index is 598. The summed E-state index contributed by atoms with van der Waals surface area (Å²) < 4.78 is 5.79. The quantitative estimate of drug-likeness (QED) is 0.839. The molecule has 1 aromatic heterocycles. The van der Waals surface area contributed by atoms with Crippen LogP contribution in [0.3, 0.4) is 0 Å². The van der Waals surface area contributed by atoms with E-state index in [1.54, 1.807) is 12.1 Å². The topological polar surface area (TPSA) is 55.4 Å². The molecule has 1 amide bonds. The maximum Gasteiger partial charge on any atom is 0.311 e. The van der Waals surface area contributed by atoms with Gasteiger partial charge in [0, 0.05) is 15.0 Å². The molecule has 0 radical (unpaired) electrons. The van der Waals surface area contributed by atoms with E-state index in [1.165, 1.54) is 11.3 Å². The van der Waals surface area contributed by atoms with Gasteiger partial charge in [0.15, 0.2) is 6.61 Å². The molecular formula is C14H12BrNO3S. The average molecular weight is 354 g/mol. The lowest BCUT2D eigenvalue weighted by molar-refractivity contribution is -0.146. The molecule has 20 heavy (non-hydrogen) atoms. The number of hydrogen-bond donors (Lipinski definition) is 1. The maximum absolute atomic E-state index is 11.6. The third-order valence-corrected chi connectivity index (χ3v) is 3.74. The van der Waals surface area contributed by atoms with Gasteiger partial charge in [0.05, 0.1) is 6.42 Å². The van der Waals surface area contributed by atoms with Gasteiger partial charge in [0.1, 0.15) is 0 Å². The number of esters is 1. The van der Waals surface area contributed by atoms with E-state index in [4.69, 9.17) is 4.74 Å². The van der Waals surface area contributed by atoms with E-state index in [1.807, 2.05) is 29.6 Å². The molecule has 0 atom stereocenters. The molecule has 1 N–H and O–H groups in total. The molecule has 4 nitrogen and oxygen atoms in total. The number of benzene rings is 1.